The summed E-state index contributed by atoms with van der Waals surface area (Å²) in [6, 6.07) is 19.7. The molecule has 0 fully saturated rings. The molecule has 0 aliphatic rings. The van der Waals surface area contributed by atoms with Crippen LogP contribution in [0.15, 0.2) is 77.9 Å². The Bertz CT molecular complexity index is 1030. The van der Waals surface area contributed by atoms with Crippen molar-refractivity contribution in [3.05, 3.63) is 83.4 Å². The number of ether oxygens (including phenoxy) is 1. The van der Waals surface area contributed by atoms with Crippen LogP contribution in [0.3, 0.4) is 0 Å². The zero-order valence-corrected chi connectivity index (χ0v) is 13.0. The molecule has 122 valence electrons. The van der Waals surface area contributed by atoms with E-state index in [-0.39, 0.29) is 5.56 Å². The molecule has 2 aromatic heterocycles. The number of rotatable bonds is 4. The fourth-order valence-corrected chi connectivity index (χ4v) is 2.37. The van der Waals surface area contributed by atoms with Gasteiger partial charge in [-0.3, -0.25) is 9.89 Å². The van der Waals surface area contributed by atoms with Gasteiger partial charge >= 0.3 is 0 Å². The lowest BCUT2D eigenvalue weighted by Gasteiger charge is -2.11. The summed E-state index contributed by atoms with van der Waals surface area (Å²) >= 11 is 0. The van der Waals surface area contributed by atoms with Crippen LogP contribution in [-0.4, -0.2) is 25.0 Å². The number of hydrogen-bond acceptors (Lipinski definition) is 5. The van der Waals surface area contributed by atoms with Gasteiger partial charge in [0.05, 0.1) is 11.8 Å². The highest BCUT2D eigenvalue weighted by Gasteiger charge is 2.17. The lowest BCUT2D eigenvalue weighted by atomic mass is 10.3. The van der Waals surface area contributed by atoms with Gasteiger partial charge in [0.1, 0.15) is 12.1 Å². The summed E-state index contributed by atoms with van der Waals surface area (Å²) in [5, 5.41) is 11.1. The number of nitrogens with one attached hydrogen (secondary N) is 1. The van der Waals surface area contributed by atoms with Gasteiger partial charge in [-0.2, -0.15) is 14.9 Å². The summed E-state index contributed by atoms with van der Waals surface area (Å²) in [4.78, 5) is 16.7. The summed E-state index contributed by atoms with van der Waals surface area (Å²) in [7, 11) is 0. The zero-order chi connectivity index (χ0) is 17.1. The first-order valence-corrected chi connectivity index (χ1v) is 7.60. The predicted octanol–water partition coefficient (Wildman–Crippen LogP) is 2.81. The highest BCUT2D eigenvalue weighted by Crippen LogP contribution is 2.28. The van der Waals surface area contributed by atoms with Crippen LogP contribution in [0.5, 0.6) is 11.5 Å². The van der Waals surface area contributed by atoms with Crippen LogP contribution in [0, 0.1) is 0 Å². The minimum absolute atomic E-state index is 0.294. The van der Waals surface area contributed by atoms with Crippen molar-refractivity contribution < 1.29 is 4.74 Å². The maximum absolute atomic E-state index is 12.5. The average Bonchev–Trinajstić information content (AvgIpc) is 3.18. The Balaban J connectivity index is 1.87. The van der Waals surface area contributed by atoms with E-state index in [1.54, 1.807) is 24.3 Å². The van der Waals surface area contributed by atoms with Gasteiger partial charge in [0.2, 0.25) is 5.82 Å². The maximum atomic E-state index is 12.5. The Morgan fingerprint density at radius 3 is 2.36 bits per heavy atom. The van der Waals surface area contributed by atoms with Crippen LogP contribution in [0.4, 0.5) is 0 Å². The standard InChI is InChI=1S/C18H13N5O2/c24-16-11-15(25-14-9-5-2-6-10-14)17(18-19-12-20-21-18)22-23(16)13-7-3-1-4-8-13/h1-12H,(H,19,20,21). The topological polar surface area (TPSA) is 85.7 Å². The monoisotopic (exact) mass is 331 g/mol. The van der Waals surface area contributed by atoms with Crippen molar-refractivity contribution in [3.8, 4) is 28.7 Å². The van der Waals surface area contributed by atoms with Gasteiger partial charge in [0.15, 0.2) is 11.4 Å². The van der Waals surface area contributed by atoms with Crippen molar-refractivity contribution in [2.24, 2.45) is 0 Å². The number of para-hydroxylation sites is 2. The normalized spacial score (nSPS) is 10.6. The fraction of sp³-hybridized carbons (Fsp3) is 0. The number of nitrogens with zero attached hydrogens (tertiary/aromatic N) is 4. The number of aromatic amines is 1. The highest BCUT2D eigenvalue weighted by molar-refractivity contribution is 5.59. The van der Waals surface area contributed by atoms with E-state index in [0.717, 1.165) is 0 Å². The van der Waals surface area contributed by atoms with Crippen molar-refractivity contribution in [2.45, 2.75) is 0 Å². The van der Waals surface area contributed by atoms with Gasteiger partial charge in [-0.15, -0.1) is 0 Å². The molecule has 0 saturated carbocycles. The van der Waals surface area contributed by atoms with E-state index in [1.165, 1.54) is 17.1 Å². The molecule has 2 heterocycles. The van der Waals surface area contributed by atoms with Gasteiger partial charge in [-0.25, -0.2) is 4.98 Å². The third-order valence-electron chi connectivity index (χ3n) is 3.50. The zero-order valence-electron chi connectivity index (χ0n) is 13.0. The number of H-pyrrole nitrogens is 1. The fourth-order valence-electron chi connectivity index (χ4n) is 2.37. The van der Waals surface area contributed by atoms with Crippen LogP contribution in [0.2, 0.25) is 0 Å². The second-order valence-electron chi connectivity index (χ2n) is 5.18. The first-order chi connectivity index (χ1) is 12.3. The van der Waals surface area contributed by atoms with Crippen molar-refractivity contribution in [2.75, 3.05) is 0 Å². The van der Waals surface area contributed by atoms with Crippen molar-refractivity contribution in [3.63, 3.8) is 0 Å². The third-order valence-corrected chi connectivity index (χ3v) is 3.50. The Morgan fingerprint density at radius 2 is 1.68 bits per heavy atom. The van der Waals surface area contributed by atoms with E-state index in [0.29, 0.717) is 28.7 Å². The van der Waals surface area contributed by atoms with Crippen LogP contribution in [0.25, 0.3) is 17.2 Å². The molecule has 0 aliphatic heterocycles. The molecular formula is C18H13N5O2. The first kappa shape index (κ1) is 14.8. The van der Waals surface area contributed by atoms with E-state index in [2.05, 4.69) is 20.3 Å². The Kier molecular flexibility index (Phi) is 3.80. The number of benzene rings is 2. The summed E-state index contributed by atoms with van der Waals surface area (Å²) in [6.45, 7) is 0. The summed E-state index contributed by atoms with van der Waals surface area (Å²) < 4.78 is 7.13. The number of hydrogen-bond donors (Lipinski definition) is 1. The first-order valence-electron chi connectivity index (χ1n) is 7.60. The summed E-state index contributed by atoms with van der Waals surface area (Å²) in [6.07, 6.45) is 1.45. The molecule has 0 spiro atoms. The molecule has 0 atom stereocenters. The van der Waals surface area contributed by atoms with E-state index in [9.17, 15) is 4.79 Å². The molecule has 0 amide bonds. The second-order valence-corrected chi connectivity index (χ2v) is 5.18. The molecule has 1 N–H and O–H groups in total. The van der Waals surface area contributed by atoms with Crippen molar-refractivity contribution in [1.29, 1.82) is 0 Å². The summed E-state index contributed by atoms with van der Waals surface area (Å²) in [5.41, 5.74) is 0.709. The molecule has 0 radical (unpaired) electrons. The Hall–Kier alpha value is -3.74. The summed E-state index contributed by atoms with van der Waals surface area (Å²) in [5.74, 6) is 1.23. The van der Waals surface area contributed by atoms with E-state index in [1.807, 2.05) is 36.4 Å². The SMILES string of the molecule is O=c1cc(Oc2ccccc2)c(-c2nc[nH]n2)nn1-c1ccccc1. The molecule has 0 aliphatic carbocycles. The predicted molar refractivity (Wildman–Crippen MR) is 91.7 cm³/mol. The van der Waals surface area contributed by atoms with Gasteiger partial charge < -0.3 is 4.74 Å². The van der Waals surface area contributed by atoms with E-state index < -0.39 is 0 Å². The molecule has 4 rings (SSSR count). The molecule has 2 aromatic carbocycles. The van der Waals surface area contributed by atoms with Gasteiger partial charge in [-0.05, 0) is 24.3 Å². The third kappa shape index (κ3) is 3.02. The molecule has 7 heteroatoms. The Labute approximate surface area is 142 Å². The molecular weight excluding hydrogens is 318 g/mol. The maximum Gasteiger partial charge on any atom is 0.275 e. The molecule has 7 nitrogen and oxygen atoms in total. The lowest BCUT2D eigenvalue weighted by molar-refractivity contribution is 0.477. The smallest absolute Gasteiger partial charge is 0.275 e. The van der Waals surface area contributed by atoms with Crippen LogP contribution in [0.1, 0.15) is 0 Å². The van der Waals surface area contributed by atoms with E-state index in [4.69, 9.17) is 4.74 Å². The van der Waals surface area contributed by atoms with Gasteiger partial charge in [-0.1, -0.05) is 36.4 Å². The van der Waals surface area contributed by atoms with Gasteiger partial charge in [0, 0.05) is 0 Å². The van der Waals surface area contributed by atoms with Crippen molar-refractivity contribution in [1.82, 2.24) is 25.0 Å². The largest absolute Gasteiger partial charge is 0.455 e. The van der Waals surface area contributed by atoms with Crippen LogP contribution < -0.4 is 10.3 Å². The van der Waals surface area contributed by atoms with Crippen LogP contribution >= 0.6 is 0 Å². The molecule has 4 aromatic rings. The number of aromatic nitrogens is 5. The molecule has 0 bridgehead atoms. The minimum atomic E-state index is -0.309. The van der Waals surface area contributed by atoms with Crippen LogP contribution in [-0.2, 0) is 0 Å². The molecule has 25 heavy (non-hydrogen) atoms. The minimum Gasteiger partial charge on any atom is -0.455 e. The average molecular weight is 331 g/mol. The molecule has 0 saturated heterocycles. The second kappa shape index (κ2) is 6.40. The van der Waals surface area contributed by atoms with E-state index >= 15 is 0 Å². The lowest BCUT2D eigenvalue weighted by Crippen LogP contribution is -2.21. The van der Waals surface area contributed by atoms with Gasteiger partial charge in [0.25, 0.3) is 5.56 Å². The molecule has 0 unspecified atom stereocenters. The quantitative estimate of drug-likeness (QED) is 0.621. The Morgan fingerprint density at radius 1 is 0.960 bits per heavy atom. The highest BCUT2D eigenvalue weighted by atomic mass is 16.5. The van der Waals surface area contributed by atoms with Crippen molar-refractivity contribution >= 4 is 0 Å².